The van der Waals surface area contributed by atoms with Crippen molar-refractivity contribution in [3.63, 3.8) is 0 Å². The summed E-state index contributed by atoms with van der Waals surface area (Å²) in [5.41, 5.74) is 0.424. The molecule has 0 saturated carbocycles. The highest BCUT2D eigenvalue weighted by Crippen LogP contribution is 2.24. The van der Waals surface area contributed by atoms with Crippen molar-refractivity contribution in [3.8, 4) is 0 Å². The average Bonchev–Trinajstić information content (AvgIpc) is 3.35. The Morgan fingerprint density at radius 3 is 2.60 bits per heavy atom. The molecule has 1 amide bonds. The van der Waals surface area contributed by atoms with Crippen LogP contribution in [0.2, 0.25) is 0 Å². The average molecular weight is 450 g/mol. The van der Waals surface area contributed by atoms with E-state index in [0.717, 1.165) is 43.3 Å². The summed E-state index contributed by atoms with van der Waals surface area (Å²) in [7, 11) is -4.02. The van der Waals surface area contributed by atoms with E-state index in [1.165, 1.54) is 34.9 Å². The van der Waals surface area contributed by atoms with Gasteiger partial charge in [-0.2, -0.15) is 0 Å². The molecule has 0 bridgehead atoms. The molecular formula is C20H20FN3O4S2. The zero-order valence-electron chi connectivity index (χ0n) is 16.0. The standard InChI is InChI=1S/C20H20FN3O4S2/c21-15-5-1-2-6-16(15)22-30(27,28)14-7-8-17-18(13-14)29-20(26)24(17)12-9-19(25)23-10-3-4-11-23/h1-2,5-8,13,22H,3-4,9-12H2. The van der Waals surface area contributed by atoms with Crippen molar-refractivity contribution < 1.29 is 17.6 Å². The summed E-state index contributed by atoms with van der Waals surface area (Å²) >= 11 is 0.919. The van der Waals surface area contributed by atoms with Crippen molar-refractivity contribution in [3.05, 3.63) is 57.9 Å². The molecule has 0 aliphatic carbocycles. The maximum atomic E-state index is 13.8. The van der Waals surface area contributed by atoms with Crippen LogP contribution in [0.15, 0.2) is 52.2 Å². The van der Waals surface area contributed by atoms with E-state index in [-0.39, 0.29) is 34.3 Å². The van der Waals surface area contributed by atoms with Crippen LogP contribution >= 0.6 is 11.3 Å². The molecule has 1 aliphatic heterocycles. The number of carbonyl (C=O) groups is 1. The molecule has 1 aromatic heterocycles. The SMILES string of the molecule is O=C(CCn1c(=O)sc2cc(S(=O)(=O)Nc3ccccc3F)ccc21)N1CCCC1. The Morgan fingerprint density at radius 2 is 1.87 bits per heavy atom. The number of halogens is 1. The smallest absolute Gasteiger partial charge is 0.308 e. The second-order valence-corrected chi connectivity index (χ2v) is 9.75. The van der Waals surface area contributed by atoms with E-state index in [2.05, 4.69) is 4.72 Å². The van der Waals surface area contributed by atoms with Gasteiger partial charge in [-0.05, 0) is 43.2 Å². The summed E-state index contributed by atoms with van der Waals surface area (Å²) in [6.45, 7) is 1.76. The Morgan fingerprint density at radius 1 is 1.13 bits per heavy atom. The number of nitrogens with one attached hydrogen (secondary N) is 1. The summed E-state index contributed by atoms with van der Waals surface area (Å²) in [4.78, 5) is 26.2. The number of anilines is 1. The van der Waals surface area contributed by atoms with Gasteiger partial charge in [0.2, 0.25) is 5.91 Å². The zero-order valence-corrected chi connectivity index (χ0v) is 17.6. The number of benzene rings is 2. The molecule has 158 valence electrons. The first kappa shape index (κ1) is 20.5. The minimum absolute atomic E-state index is 0.0204. The van der Waals surface area contributed by atoms with Gasteiger partial charge < -0.3 is 4.90 Å². The molecule has 3 aromatic rings. The Balaban J connectivity index is 1.57. The van der Waals surface area contributed by atoms with E-state index >= 15 is 0 Å². The van der Waals surface area contributed by atoms with Crippen molar-refractivity contribution in [2.75, 3.05) is 17.8 Å². The molecule has 10 heteroatoms. The molecule has 0 unspecified atom stereocenters. The molecule has 7 nitrogen and oxygen atoms in total. The molecule has 1 aliphatic rings. The number of thiazole rings is 1. The predicted octanol–water partition coefficient (Wildman–Crippen LogP) is 3.02. The first-order valence-electron chi connectivity index (χ1n) is 9.54. The van der Waals surface area contributed by atoms with Crippen LogP contribution in [0.3, 0.4) is 0 Å². The quantitative estimate of drug-likeness (QED) is 0.627. The van der Waals surface area contributed by atoms with E-state index in [4.69, 9.17) is 0 Å². The van der Waals surface area contributed by atoms with Gasteiger partial charge in [0.05, 0.1) is 20.8 Å². The second kappa shape index (κ2) is 8.19. The van der Waals surface area contributed by atoms with Crippen molar-refractivity contribution in [2.45, 2.75) is 30.7 Å². The van der Waals surface area contributed by atoms with E-state index in [1.54, 1.807) is 11.0 Å². The van der Waals surface area contributed by atoms with Crippen molar-refractivity contribution in [1.82, 2.24) is 9.47 Å². The highest BCUT2D eigenvalue weighted by Gasteiger charge is 2.20. The monoisotopic (exact) mass is 449 g/mol. The van der Waals surface area contributed by atoms with Gasteiger partial charge in [-0.3, -0.25) is 18.9 Å². The van der Waals surface area contributed by atoms with Gasteiger partial charge in [0.15, 0.2) is 0 Å². The van der Waals surface area contributed by atoms with Gasteiger partial charge in [-0.25, -0.2) is 12.8 Å². The molecular weight excluding hydrogens is 429 g/mol. The minimum atomic E-state index is -4.02. The first-order valence-corrected chi connectivity index (χ1v) is 11.8. The normalized spacial score (nSPS) is 14.4. The number of carbonyl (C=O) groups excluding carboxylic acids is 1. The Labute approximate surface area is 176 Å². The van der Waals surface area contributed by atoms with Gasteiger partial charge >= 0.3 is 4.87 Å². The van der Waals surface area contributed by atoms with Gasteiger partial charge in [0.1, 0.15) is 5.82 Å². The van der Waals surface area contributed by atoms with Gasteiger partial charge in [-0.1, -0.05) is 23.5 Å². The number of nitrogens with zero attached hydrogens (tertiary/aromatic N) is 2. The van der Waals surface area contributed by atoms with Crippen LogP contribution in [-0.2, 0) is 21.4 Å². The summed E-state index contributed by atoms with van der Waals surface area (Å²) in [5, 5.41) is 0. The highest BCUT2D eigenvalue weighted by atomic mass is 32.2. The van der Waals surface area contributed by atoms with E-state index < -0.39 is 15.8 Å². The Bertz CT molecular complexity index is 1260. The number of rotatable bonds is 6. The number of likely N-dealkylation sites (tertiary alicyclic amines) is 1. The molecule has 4 rings (SSSR count). The zero-order chi connectivity index (χ0) is 21.3. The maximum absolute atomic E-state index is 13.8. The number of hydrogen-bond acceptors (Lipinski definition) is 5. The van der Waals surface area contributed by atoms with Crippen LogP contribution in [0.5, 0.6) is 0 Å². The molecule has 0 atom stereocenters. The lowest BCUT2D eigenvalue weighted by Gasteiger charge is -2.15. The summed E-state index contributed by atoms with van der Waals surface area (Å²) in [5.74, 6) is -0.660. The largest absolute Gasteiger partial charge is 0.343 e. The topological polar surface area (TPSA) is 88.5 Å². The first-order chi connectivity index (χ1) is 14.3. The number of sulfonamides is 1. The van der Waals surface area contributed by atoms with Crippen LogP contribution in [-0.4, -0.2) is 36.9 Å². The molecule has 0 spiro atoms. The van der Waals surface area contributed by atoms with Gasteiger partial charge in [0.25, 0.3) is 10.0 Å². The number of amides is 1. The molecule has 1 saturated heterocycles. The fraction of sp³-hybridized carbons (Fsp3) is 0.300. The second-order valence-electron chi connectivity index (χ2n) is 7.07. The van der Waals surface area contributed by atoms with Crippen molar-refractivity contribution in [1.29, 1.82) is 0 Å². The third-order valence-corrected chi connectivity index (χ3v) is 7.38. The van der Waals surface area contributed by atoms with Crippen molar-refractivity contribution in [2.24, 2.45) is 0 Å². The van der Waals surface area contributed by atoms with Crippen LogP contribution in [0.25, 0.3) is 10.2 Å². The fourth-order valence-electron chi connectivity index (χ4n) is 3.51. The van der Waals surface area contributed by atoms with Crippen LogP contribution in [0.1, 0.15) is 19.3 Å². The third-order valence-electron chi connectivity index (χ3n) is 5.08. The van der Waals surface area contributed by atoms with E-state index in [9.17, 15) is 22.4 Å². The summed E-state index contributed by atoms with van der Waals surface area (Å²) < 4.78 is 43.3. The molecule has 30 heavy (non-hydrogen) atoms. The molecule has 0 radical (unpaired) electrons. The highest BCUT2D eigenvalue weighted by molar-refractivity contribution is 7.92. The maximum Gasteiger partial charge on any atom is 0.308 e. The number of fused-ring (bicyclic) bond motifs is 1. The Hall–Kier alpha value is -2.72. The van der Waals surface area contributed by atoms with Crippen LogP contribution in [0.4, 0.5) is 10.1 Å². The van der Waals surface area contributed by atoms with Gasteiger partial charge in [0, 0.05) is 26.1 Å². The number of aryl methyl sites for hydroxylation is 1. The van der Waals surface area contributed by atoms with Crippen LogP contribution < -0.4 is 9.60 Å². The lowest BCUT2D eigenvalue weighted by molar-refractivity contribution is -0.130. The fourth-order valence-corrected chi connectivity index (χ4v) is 5.63. The molecule has 1 N–H and O–H groups in total. The Kier molecular flexibility index (Phi) is 5.61. The van der Waals surface area contributed by atoms with E-state index in [0.29, 0.717) is 10.2 Å². The number of para-hydroxylation sites is 1. The lowest BCUT2D eigenvalue weighted by atomic mass is 10.3. The predicted molar refractivity (Wildman–Crippen MR) is 114 cm³/mol. The molecule has 2 heterocycles. The van der Waals surface area contributed by atoms with Crippen LogP contribution in [0, 0.1) is 5.82 Å². The molecule has 2 aromatic carbocycles. The third kappa shape index (κ3) is 4.10. The number of hydrogen-bond donors (Lipinski definition) is 1. The summed E-state index contributed by atoms with van der Waals surface area (Å²) in [6.07, 6.45) is 2.23. The van der Waals surface area contributed by atoms with Crippen molar-refractivity contribution >= 4 is 43.2 Å². The number of aromatic nitrogens is 1. The summed E-state index contributed by atoms with van der Waals surface area (Å²) in [6, 6.07) is 9.80. The van der Waals surface area contributed by atoms with E-state index in [1.807, 2.05) is 0 Å². The minimum Gasteiger partial charge on any atom is -0.343 e. The van der Waals surface area contributed by atoms with Gasteiger partial charge in [-0.15, -0.1) is 0 Å². The lowest BCUT2D eigenvalue weighted by Crippen LogP contribution is -2.29. The molecule has 1 fully saturated rings.